The van der Waals surface area contributed by atoms with Crippen molar-refractivity contribution >= 4 is 29.9 Å². The highest BCUT2D eigenvalue weighted by atomic mass is 127. The first-order valence-corrected chi connectivity index (χ1v) is 6.93. The van der Waals surface area contributed by atoms with Crippen molar-refractivity contribution in [2.45, 2.75) is 25.8 Å². The van der Waals surface area contributed by atoms with Crippen molar-refractivity contribution in [3.8, 4) is 0 Å². The van der Waals surface area contributed by atoms with Crippen LogP contribution < -0.4 is 0 Å². The molecule has 0 saturated carbocycles. The third-order valence-corrected chi connectivity index (χ3v) is 3.46. The van der Waals surface area contributed by atoms with Crippen molar-refractivity contribution in [3.63, 3.8) is 0 Å². The quantitative estimate of drug-likeness (QED) is 0.720. The fraction of sp³-hybridized carbons (Fsp3) is 0.294. The van der Waals surface area contributed by atoms with E-state index in [9.17, 15) is 4.79 Å². The van der Waals surface area contributed by atoms with Crippen molar-refractivity contribution in [1.29, 1.82) is 0 Å². The number of benzene rings is 1. The van der Waals surface area contributed by atoms with Gasteiger partial charge < -0.3 is 4.90 Å². The zero-order valence-electron chi connectivity index (χ0n) is 12.4. The summed E-state index contributed by atoms with van der Waals surface area (Å²) in [5, 5.41) is 0. The van der Waals surface area contributed by atoms with Crippen molar-refractivity contribution < 1.29 is 4.79 Å². The second-order valence-electron chi connectivity index (χ2n) is 4.82. The van der Waals surface area contributed by atoms with Crippen molar-refractivity contribution in [1.82, 2.24) is 9.88 Å². The van der Waals surface area contributed by atoms with E-state index in [1.165, 1.54) is 5.56 Å². The van der Waals surface area contributed by atoms with Gasteiger partial charge in [0.05, 0.1) is 11.7 Å². The Morgan fingerprint density at radius 1 is 1.14 bits per heavy atom. The zero-order chi connectivity index (χ0) is 14.4. The lowest BCUT2D eigenvalue weighted by Crippen LogP contribution is -2.32. The summed E-state index contributed by atoms with van der Waals surface area (Å²) in [6.07, 6.45) is 3.06. The Bertz CT molecular complexity index is 545. The highest BCUT2D eigenvalue weighted by Crippen LogP contribution is 2.23. The monoisotopic (exact) mass is 396 g/mol. The van der Waals surface area contributed by atoms with Gasteiger partial charge in [-0.05, 0) is 24.1 Å². The molecule has 1 aromatic heterocycles. The molecule has 112 valence electrons. The van der Waals surface area contributed by atoms with Crippen LogP contribution in [-0.4, -0.2) is 22.8 Å². The maximum atomic E-state index is 12.0. The standard InChI is InChI=1S/C17H20N2O.HI/c1-3-17(20)19(2)16(15-11-7-8-12-18-15)13-14-9-5-4-6-10-14;/h4-12,16H,3,13H2,1-2H3;1H. The lowest BCUT2D eigenvalue weighted by molar-refractivity contribution is -0.131. The van der Waals surface area contributed by atoms with E-state index in [1.807, 2.05) is 50.4 Å². The molecule has 1 heterocycles. The molecule has 1 aromatic carbocycles. The van der Waals surface area contributed by atoms with Crippen LogP contribution in [-0.2, 0) is 11.2 Å². The molecule has 2 rings (SSSR count). The summed E-state index contributed by atoms with van der Waals surface area (Å²) in [6, 6.07) is 16.0. The van der Waals surface area contributed by atoms with Gasteiger partial charge in [0.1, 0.15) is 0 Å². The van der Waals surface area contributed by atoms with Gasteiger partial charge in [-0.1, -0.05) is 43.3 Å². The minimum absolute atomic E-state index is 0. The van der Waals surface area contributed by atoms with Gasteiger partial charge in [0.15, 0.2) is 0 Å². The Labute approximate surface area is 143 Å². The van der Waals surface area contributed by atoms with Crippen LogP contribution in [0.5, 0.6) is 0 Å². The number of halogens is 1. The normalized spacial score (nSPS) is 11.3. The van der Waals surface area contributed by atoms with Gasteiger partial charge in [-0.25, -0.2) is 0 Å². The Kier molecular flexibility index (Phi) is 7.36. The summed E-state index contributed by atoms with van der Waals surface area (Å²) in [6.45, 7) is 1.89. The van der Waals surface area contributed by atoms with Crippen LogP contribution >= 0.6 is 24.0 Å². The summed E-state index contributed by atoms with van der Waals surface area (Å²) in [4.78, 5) is 18.2. The molecule has 0 aliphatic rings. The van der Waals surface area contributed by atoms with Crippen LogP contribution in [0.25, 0.3) is 0 Å². The average molecular weight is 396 g/mol. The molecule has 0 saturated heterocycles. The minimum Gasteiger partial charge on any atom is -0.337 e. The number of pyridine rings is 1. The number of carbonyl (C=O) groups is 1. The molecule has 2 aromatic rings. The molecule has 3 nitrogen and oxygen atoms in total. The molecule has 0 N–H and O–H groups in total. The smallest absolute Gasteiger partial charge is 0.222 e. The number of likely N-dealkylation sites (N-methyl/N-ethyl adjacent to an activating group) is 1. The number of nitrogens with zero attached hydrogens (tertiary/aromatic N) is 2. The predicted octanol–water partition coefficient (Wildman–Crippen LogP) is 3.85. The molecule has 1 unspecified atom stereocenters. The number of amides is 1. The molecule has 1 atom stereocenters. The predicted molar refractivity (Wildman–Crippen MR) is 95.6 cm³/mol. The van der Waals surface area contributed by atoms with Crippen molar-refractivity contribution in [2.24, 2.45) is 0 Å². The molecule has 4 heteroatoms. The molecule has 0 bridgehead atoms. The molecule has 21 heavy (non-hydrogen) atoms. The first-order chi connectivity index (χ1) is 9.72. The summed E-state index contributed by atoms with van der Waals surface area (Å²) in [5.41, 5.74) is 2.14. The van der Waals surface area contributed by atoms with E-state index in [4.69, 9.17) is 0 Å². The second kappa shape index (κ2) is 8.77. The van der Waals surface area contributed by atoms with Crippen molar-refractivity contribution in [2.75, 3.05) is 7.05 Å². The third-order valence-electron chi connectivity index (χ3n) is 3.46. The van der Waals surface area contributed by atoms with Crippen LogP contribution in [0.1, 0.15) is 30.6 Å². The first kappa shape index (κ1) is 17.6. The van der Waals surface area contributed by atoms with E-state index in [1.54, 1.807) is 11.1 Å². The highest BCUT2D eigenvalue weighted by molar-refractivity contribution is 14.0. The maximum Gasteiger partial charge on any atom is 0.222 e. The lowest BCUT2D eigenvalue weighted by atomic mass is 10.0. The number of hydrogen-bond acceptors (Lipinski definition) is 2. The van der Waals surface area contributed by atoms with E-state index in [2.05, 4.69) is 17.1 Å². The van der Waals surface area contributed by atoms with E-state index in [0.717, 1.165) is 12.1 Å². The van der Waals surface area contributed by atoms with E-state index in [-0.39, 0.29) is 35.9 Å². The summed E-state index contributed by atoms with van der Waals surface area (Å²) in [7, 11) is 1.86. The highest BCUT2D eigenvalue weighted by Gasteiger charge is 2.21. The van der Waals surface area contributed by atoms with Gasteiger partial charge in [0.2, 0.25) is 5.91 Å². The Morgan fingerprint density at radius 3 is 2.38 bits per heavy atom. The number of hydrogen-bond donors (Lipinski definition) is 0. The second-order valence-corrected chi connectivity index (χ2v) is 4.82. The maximum absolute atomic E-state index is 12.0. The van der Waals surface area contributed by atoms with Crippen LogP contribution in [0.4, 0.5) is 0 Å². The number of rotatable bonds is 5. The molecule has 0 radical (unpaired) electrons. The molecular weight excluding hydrogens is 375 g/mol. The number of aromatic nitrogens is 1. The molecule has 0 fully saturated rings. The Morgan fingerprint density at radius 2 is 1.81 bits per heavy atom. The van der Waals surface area contributed by atoms with Gasteiger partial charge >= 0.3 is 0 Å². The lowest BCUT2D eigenvalue weighted by Gasteiger charge is -2.27. The Hall–Kier alpha value is -1.43. The first-order valence-electron chi connectivity index (χ1n) is 6.93. The van der Waals surface area contributed by atoms with Gasteiger partial charge in [-0.2, -0.15) is 0 Å². The molecule has 0 aliphatic heterocycles. The van der Waals surface area contributed by atoms with Crippen molar-refractivity contribution in [3.05, 3.63) is 66.0 Å². The fourth-order valence-electron chi connectivity index (χ4n) is 2.27. The van der Waals surface area contributed by atoms with Crippen LogP contribution in [0.15, 0.2) is 54.7 Å². The summed E-state index contributed by atoms with van der Waals surface area (Å²) < 4.78 is 0. The largest absolute Gasteiger partial charge is 0.337 e. The summed E-state index contributed by atoms with van der Waals surface area (Å²) >= 11 is 0. The third kappa shape index (κ3) is 4.81. The molecule has 0 spiro atoms. The van der Waals surface area contributed by atoms with Crippen LogP contribution in [0, 0.1) is 0 Å². The fourth-order valence-corrected chi connectivity index (χ4v) is 2.27. The minimum atomic E-state index is -0.0222. The SMILES string of the molecule is CCC(=O)N(C)C(Cc1ccccc1)c1ccccn1.I. The molecule has 1 amide bonds. The topological polar surface area (TPSA) is 33.2 Å². The Balaban J connectivity index is 0.00000220. The van der Waals surface area contributed by atoms with Gasteiger partial charge in [-0.15, -0.1) is 24.0 Å². The van der Waals surface area contributed by atoms with Gasteiger partial charge in [0, 0.05) is 19.7 Å². The average Bonchev–Trinajstić information content (AvgIpc) is 2.53. The van der Waals surface area contributed by atoms with Crippen LogP contribution in [0.2, 0.25) is 0 Å². The van der Waals surface area contributed by atoms with E-state index < -0.39 is 0 Å². The van der Waals surface area contributed by atoms with Crippen LogP contribution in [0.3, 0.4) is 0 Å². The van der Waals surface area contributed by atoms with Gasteiger partial charge in [-0.3, -0.25) is 9.78 Å². The molecular formula is C17H21IN2O. The number of carbonyl (C=O) groups excluding carboxylic acids is 1. The molecule has 0 aliphatic carbocycles. The van der Waals surface area contributed by atoms with E-state index >= 15 is 0 Å². The summed E-state index contributed by atoms with van der Waals surface area (Å²) in [5.74, 6) is 0.136. The van der Waals surface area contributed by atoms with Gasteiger partial charge in [0.25, 0.3) is 0 Å². The van der Waals surface area contributed by atoms with E-state index in [0.29, 0.717) is 6.42 Å². The zero-order valence-corrected chi connectivity index (χ0v) is 14.7.